The minimum Gasteiger partial charge on any atom is -0.393 e. The number of aromatic nitrogens is 2. The molecule has 0 aliphatic carbocycles. The average Bonchev–Trinajstić information content (AvgIpc) is 2.90. The van der Waals surface area contributed by atoms with E-state index < -0.39 is 0 Å². The van der Waals surface area contributed by atoms with Crippen molar-refractivity contribution in [3.8, 4) is 0 Å². The highest BCUT2D eigenvalue weighted by Gasteiger charge is 2.27. The number of hydrogen-bond donors (Lipinski definition) is 1. The summed E-state index contributed by atoms with van der Waals surface area (Å²) in [6, 6.07) is 0.419. The molecule has 1 aromatic rings. The van der Waals surface area contributed by atoms with Gasteiger partial charge in [-0.15, -0.1) is 0 Å². The molecule has 0 bridgehead atoms. The van der Waals surface area contributed by atoms with Crippen LogP contribution in [-0.2, 0) is 17.9 Å². The molecule has 2 rings (SSSR count). The maximum absolute atomic E-state index is 9.48. The zero-order valence-electron chi connectivity index (χ0n) is 11.0. The van der Waals surface area contributed by atoms with Crippen LogP contribution in [0.2, 0.25) is 0 Å². The van der Waals surface area contributed by atoms with Crippen molar-refractivity contribution in [3.05, 3.63) is 11.7 Å². The molecule has 0 saturated carbocycles. The number of aliphatic hydroxyl groups excluding tert-OH is 1. The highest BCUT2D eigenvalue weighted by Crippen LogP contribution is 2.23. The van der Waals surface area contributed by atoms with Crippen molar-refractivity contribution in [3.63, 3.8) is 0 Å². The molecule has 0 amide bonds. The van der Waals surface area contributed by atoms with E-state index in [9.17, 15) is 5.11 Å². The first-order chi connectivity index (χ1) is 8.69. The van der Waals surface area contributed by atoms with Crippen molar-refractivity contribution in [2.24, 2.45) is 0 Å². The minimum absolute atomic E-state index is 0.262. The molecule has 1 aliphatic rings. The average molecular weight is 255 g/mol. The lowest BCUT2D eigenvalue weighted by atomic mass is 10.1. The summed E-state index contributed by atoms with van der Waals surface area (Å²) in [7, 11) is 1.61. The van der Waals surface area contributed by atoms with E-state index in [4.69, 9.17) is 9.26 Å². The lowest BCUT2D eigenvalue weighted by Crippen LogP contribution is -2.31. The van der Waals surface area contributed by atoms with E-state index in [0.717, 1.165) is 25.8 Å². The summed E-state index contributed by atoms with van der Waals surface area (Å²) in [6.07, 6.45) is 2.83. The zero-order valence-corrected chi connectivity index (χ0v) is 11.0. The molecular formula is C12H21N3O3. The van der Waals surface area contributed by atoms with E-state index in [1.54, 1.807) is 7.11 Å². The monoisotopic (exact) mass is 255 g/mol. The predicted octanol–water partition coefficient (Wildman–Crippen LogP) is 0.951. The van der Waals surface area contributed by atoms with Crippen molar-refractivity contribution in [2.45, 2.75) is 51.5 Å². The van der Waals surface area contributed by atoms with Gasteiger partial charge in [0.05, 0.1) is 12.6 Å². The first-order valence-electron chi connectivity index (χ1n) is 6.41. The Kier molecular flexibility index (Phi) is 4.68. The van der Waals surface area contributed by atoms with E-state index in [1.165, 1.54) is 0 Å². The van der Waals surface area contributed by atoms with Gasteiger partial charge in [-0.3, -0.25) is 4.90 Å². The minimum atomic E-state index is -0.262. The van der Waals surface area contributed by atoms with Gasteiger partial charge in [-0.2, -0.15) is 4.98 Å². The molecule has 1 fully saturated rings. The van der Waals surface area contributed by atoms with Crippen molar-refractivity contribution in [2.75, 3.05) is 13.7 Å². The van der Waals surface area contributed by atoms with Gasteiger partial charge in [0.15, 0.2) is 5.82 Å². The quantitative estimate of drug-likeness (QED) is 0.816. The number of nitrogens with zero attached hydrogens (tertiary/aromatic N) is 3. The largest absolute Gasteiger partial charge is 0.393 e. The molecule has 102 valence electrons. The van der Waals surface area contributed by atoms with Gasteiger partial charge in [-0.1, -0.05) is 5.16 Å². The van der Waals surface area contributed by atoms with E-state index in [2.05, 4.69) is 15.0 Å². The highest BCUT2D eigenvalue weighted by atomic mass is 16.5. The molecule has 0 aromatic carbocycles. The fourth-order valence-corrected chi connectivity index (χ4v) is 2.48. The van der Waals surface area contributed by atoms with Crippen LogP contribution < -0.4 is 0 Å². The van der Waals surface area contributed by atoms with Gasteiger partial charge < -0.3 is 14.4 Å². The molecule has 1 aliphatic heterocycles. The molecule has 2 atom stereocenters. The molecule has 2 heterocycles. The molecule has 1 aromatic heterocycles. The molecule has 0 spiro atoms. The van der Waals surface area contributed by atoms with Crippen LogP contribution in [-0.4, -0.2) is 45.9 Å². The number of ether oxygens (including phenoxy) is 1. The summed E-state index contributed by atoms with van der Waals surface area (Å²) in [5.41, 5.74) is 0. The van der Waals surface area contributed by atoms with Crippen molar-refractivity contribution < 1.29 is 14.4 Å². The Labute approximate surface area is 107 Å². The summed E-state index contributed by atoms with van der Waals surface area (Å²) >= 11 is 0. The third-order valence-corrected chi connectivity index (χ3v) is 3.23. The lowest BCUT2D eigenvalue weighted by Gasteiger charge is -2.23. The van der Waals surface area contributed by atoms with Crippen molar-refractivity contribution in [1.82, 2.24) is 15.0 Å². The Balaban J connectivity index is 1.90. The van der Waals surface area contributed by atoms with Gasteiger partial charge in [0.25, 0.3) is 0 Å². The van der Waals surface area contributed by atoms with Crippen LogP contribution in [0.3, 0.4) is 0 Å². The molecular weight excluding hydrogens is 234 g/mol. The van der Waals surface area contributed by atoms with Crippen LogP contribution in [0, 0.1) is 0 Å². The molecule has 6 heteroatoms. The third kappa shape index (κ3) is 3.51. The second-order valence-electron chi connectivity index (χ2n) is 4.89. The molecule has 1 saturated heterocycles. The second-order valence-corrected chi connectivity index (χ2v) is 4.89. The van der Waals surface area contributed by atoms with Gasteiger partial charge in [0.1, 0.15) is 6.61 Å². The van der Waals surface area contributed by atoms with Gasteiger partial charge in [-0.25, -0.2) is 0 Å². The summed E-state index contributed by atoms with van der Waals surface area (Å²) in [5.74, 6) is 1.21. The van der Waals surface area contributed by atoms with Gasteiger partial charge in [0.2, 0.25) is 5.89 Å². The van der Waals surface area contributed by atoms with Crippen molar-refractivity contribution >= 4 is 0 Å². The summed E-state index contributed by atoms with van der Waals surface area (Å²) in [6.45, 7) is 3.90. The van der Waals surface area contributed by atoms with Crippen LogP contribution in [0.5, 0.6) is 0 Å². The fourth-order valence-electron chi connectivity index (χ4n) is 2.48. The van der Waals surface area contributed by atoms with E-state index in [-0.39, 0.29) is 6.10 Å². The molecule has 2 unspecified atom stereocenters. The van der Waals surface area contributed by atoms with Crippen LogP contribution >= 0.6 is 0 Å². The van der Waals surface area contributed by atoms with E-state index in [1.807, 2.05) is 6.92 Å². The fraction of sp³-hybridized carbons (Fsp3) is 0.833. The highest BCUT2D eigenvalue weighted by molar-refractivity contribution is 4.88. The molecule has 1 N–H and O–H groups in total. The van der Waals surface area contributed by atoms with Crippen LogP contribution in [0.15, 0.2) is 4.52 Å². The van der Waals surface area contributed by atoms with Crippen molar-refractivity contribution in [1.29, 1.82) is 0 Å². The Morgan fingerprint density at radius 2 is 2.44 bits per heavy atom. The molecule has 6 nitrogen and oxygen atoms in total. The summed E-state index contributed by atoms with van der Waals surface area (Å²) in [4.78, 5) is 6.57. The Morgan fingerprint density at radius 1 is 1.61 bits per heavy atom. The van der Waals surface area contributed by atoms with Crippen LogP contribution in [0.1, 0.15) is 37.9 Å². The number of hydrogen-bond acceptors (Lipinski definition) is 6. The topological polar surface area (TPSA) is 71.6 Å². The van der Waals surface area contributed by atoms with E-state index >= 15 is 0 Å². The Hall–Kier alpha value is -0.980. The smallest absolute Gasteiger partial charge is 0.240 e. The van der Waals surface area contributed by atoms with Crippen LogP contribution in [0.4, 0.5) is 0 Å². The number of methoxy groups -OCH3 is 1. The standard InChI is InChI=1S/C12H21N3O3/c1-9(16)6-10-4-3-5-15(10)7-12-13-11(8-17-2)14-18-12/h9-10,16H,3-8H2,1-2H3. The van der Waals surface area contributed by atoms with Gasteiger partial charge in [-0.05, 0) is 32.7 Å². The third-order valence-electron chi connectivity index (χ3n) is 3.23. The lowest BCUT2D eigenvalue weighted by molar-refractivity contribution is 0.124. The molecule has 0 radical (unpaired) electrons. The zero-order chi connectivity index (χ0) is 13.0. The first-order valence-corrected chi connectivity index (χ1v) is 6.41. The maximum atomic E-state index is 9.48. The Morgan fingerprint density at radius 3 is 3.17 bits per heavy atom. The van der Waals surface area contributed by atoms with Gasteiger partial charge in [0, 0.05) is 13.2 Å². The van der Waals surface area contributed by atoms with Gasteiger partial charge >= 0.3 is 0 Å². The molecule has 18 heavy (non-hydrogen) atoms. The van der Waals surface area contributed by atoms with E-state index in [0.29, 0.717) is 30.9 Å². The summed E-state index contributed by atoms with van der Waals surface area (Å²) < 4.78 is 10.1. The maximum Gasteiger partial charge on any atom is 0.240 e. The SMILES string of the molecule is COCc1noc(CN2CCCC2CC(C)O)n1. The second kappa shape index (κ2) is 6.26. The summed E-state index contributed by atoms with van der Waals surface area (Å²) in [5, 5.41) is 13.3. The first kappa shape index (κ1) is 13.5. The Bertz CT molecular complexity index is 367. The number of rotatable bonds is 6. The normalized spacial score (nSPS) is 22.5. The predicted molar refractivity (Wildman–Crippen MR) is 64.7 cm³/mol. The number of likely N-dealkylation sites (tertiary alicyclic amines) is 1. The van der Waals surface area contributed by atoms with Crippen LogP contribution in [0.25, 0.3) is 0 Å². The number of aliphatic hydroxyl groups is 1.